The van der Waals surface area contributed by atoms with Crippen molar-refractivity contribution in [2.24, 2.45) is 20.9 Å². The minimum Gasteiger partial charge on any atom is -0.506 e. The quantitative estimate of drug-likeness (QED) is 0.548. The van der Waals surface area contributed by atoms with Crippen LogP contribution in [0, 0.1) is 0 Å². The molecule has 2 rings (SSSR count). The minimum absolute atomic E-state index is 0.0801. The second kappa shape index (κ2) is 7.08. The Labute approximate surface area is 148 Å². The molecular weight excluding hydrogens is 375 g/mol. The highest BCUT2D eigenvalue weighted by Gasteiger charge is 2.12. The van der Waals surface area contributed by atoms with Crippen molar-refractivity contribution in [1.82, 2.24) is 0 Å². The molecule has 126 valence electrons. The third-order valence-corrected chi connectivity index (χ3v) is 4.60. The fourth-order valence-corrected chi connectivity index (χ4v) is 3.10. The van der Waals surface area contributed by atoms with E-state index < -0.39 is 16.0 Å². The minimum atomic E-state index is -3.95. The van der Waals surface area contributed by atoms with Crippen LogP contribution in [0.5, 0.6) is 5.75 Å². The number of sulfonamides is 1. The van der Waals surface area contributed by atoms with E-state index in [0.717, 1.165) is 0 Å². The molecule has 2 aromatic carbocycles. The maximum absolute atomic E-state index is 11.8. The summed E-state index contributed by atoms with van der Waals surface area (Å²) in [5.74, 6) is -0.706. The van der Waals surface area contributed by atoms with Crippen LogP contribution in [0.4, 0.5) is 5.69 Å². The fraction of sp³-hybridized carbons (Fsp3) is 0. The van der Waals surface area contributed by atoms with Gasteiger partial charge in [0, 0.05) is 16.8 Å². The van der Waals surface area contributed by atoms with Gasteiger partial charge in [-0.2, -0.15) is 8.42 Å². The molecular formula is C14H12Cl2N4O3S. The average Bonchev–Trinajstić information content (AvgIpc) is 2.48. The Kier molecular flexibility index (Phi) is 5.33. The SMILES string of the molecule is NC(N)=NS(=O)(=O)c1ccc(N=Cc2cc(Cl)cc(Cl)c2O)cc1. The standard InChI is InChI=1S/C14H12Cl2N4O3S/c15-9-5-8(13(21)12(16)6-9)7-19-10-1-3-11(4-2-10)24(22,23)20-14(17)18/h1-7,21H,(H4,17,18,20). The molecule has 0 amide bonds. The van der Waals surface area contributed by atoms with Gasteiger partial charge in [-0.15, -0.1) is 4.40 Å². The molecule has 10 heteroatoms. The summed E-state index contributed by atoms with van der Waals surface area (Å²) in [7, 11) is -3.95. The number of aliphatic imine (C=N–C) groups is 1. The molecule has 24 heavy (non-hydrogen) atoms. The van der Waals surface area contributed by atoms with Gasteiger partial charge in [-0.1, -0.05) is 23.2 Å². The van der Waals surface area contributed by atoms with E-state index in [-0.39, 0.29) is 15.7 Å². The molecule has 0 atom stereocenters. The van der Waals surface area contributed by atoms with E-state index in [4.69, 9.17) is 34.7 Å². The summed E-state index contributed by atoms with van der Waals surface area (Å²) in [5, 5.41) is 10.3. The molecule has 0 aromatic heterocycles. The molecule has 0 radical (unpaired) electrons. The maximum Gasteiger partial charge on any atom is 0.285 e. The number of phenols is 1. The second-order valence-electron chi connectivity index (χ2n) is 4.57. The lowest BCUT2D eigenvalue weighted by Crippen LogP contribution is -2.24. The number of halogens is 2. The predicted octanol–water partition coefficient (Wildman–Crippen LogP) is 2.41. The summed E-state index contributed by atoms with van der Waals surface area (Å²) in [4.78, 5) is 4.04. The highest BCUT2D eigenvalue weighted by Crippen LogP contribution is 2.30. The number of nitrogens with two attached hydrogens (primary N) is 2. The molecule has 0 spiro atoms. The molecule has 0 heterocycles. The molecule has 0 aliphatic heterocycles. The number of phenolic OH excluding ortho intramolecular Hbond substituents is 1. The van der Waals surface area contributed by atoms with E-state index in [2.05, 4.69) is 9.39 Å². The number of rotatable bonds is 4. The lowest BCUT2D eigenvalue weighted by molar-refractivity contribution is 0.475. The molecule has 0 saturated carbocycles. The average molecular weight is 387 g/mol. The summed E-state index contributed by atoms with van der Waals surface area (Å²) in [6, 6.07) is 8.41. The van der Waals surface area contributed by atoms with Crippen molar-refractivity contribution in [3.05, 3.63) is 52.0 Å². The van der Waals surface area contributed by atoms with Crippen molar-refractivity contribution in [3.63, 3.8) is 0 Å². The maximum atomic E-state index is 11.8. The summed E-state index contributed by atoms with van der Waals surface area (Å²) >= 11 is 11.7. The normalized spacial score (nSPS) is 11.6. The van der Waals surface area contributed by atoms with Gasteiger partial charge in [-0.05, 0) is 36.4 Å². The number of benzene rings is 2. The first-order valence-electron chi connectivity index (χ1n) is 6.37. The highest BCUT2D eigenvalue weighted by atomic mass is 35.5. The van der Waals surface area contributed by atoms with Crippen LogP contribution >= 0.6 is 23.2 Å². The number of nitrogens with zero attached hydrogens (tertiary/aromatic N) is 2. The van der Waals surface area contributed by atoms with Crippen molar-refractivity contribution in [2.45, 2.75) is 4.90 Å². The van der Waals surface area contributed by atoms with Crippen LogP contribution in [0.3, 0.4) is 0 Å². The van der Waals surface area contributed by atoms with Crippen LogP contribution in [-0.4, -0.2) is 25.7 Å². The summed E-state index contributed by atoms with van der Waals surface area (Å²) < 4.78 is 26.8. The van der Waals surface area contributed by atoms with Crippen molar-refractivity contribution in [1.29, 1.82) is 0 Å². The second-order valence-corrected chi connectivity index (χ2v) is 7.02. The van der Waals surface area contributed by atoms with Crippen LogP contribution in [-0.2, 0) is 10.0 Å². The van der Waals surface area contributed by atoms with Gasteiger partial charge in [0.1, 0.15) is 5.75 Å². The van der Waals surface area contributed by atoms with E-state index in [1.807, 2.05) is 0 Å². The summed E-state index contributed by atoms with van der Waals surface area (Å²) in [6.45, 7) is 0. The largest absolute Gasteiger partial charge is 0.506 e. The van der Waals surface area contributed by atoms with Crippen molar-refractivity contribution in [3.8, 4) is 5.75 Å². The highest BCUT2D eigenvalue weighted by molar-refractivity contribution is 7.90. The number of aromatic hydroxyl groups is 1. The molecule has 0 saturated heterocycles. The zero-order chi connectivity index (χ0) is 17.9. The van der Waals surface area contributed by atoms with E-state index in [0.29, 0.717) is 16.3 Å². The third-order valence-electron chi connectivity index (χ3n) is 2.77. The monoisotopic (exact) mass is 386 g/mol. The lowest BCUT2D eigenvalue weighted by atomic mass is 10.2. The van der Waals surface area contributed by atoms with Gasteiger partial charge in [-0.25, -0.2) is 0 Å². The van der Waals surface area contributed by atoms with Crippen LogP contribution in [0.1, 0.15) is 5.56 Å². The Morgan fingerprint density at radius 3 is 2.33 bits per heavy atom. The molecule has 5 N–H and O–H groups in total. The van der Waals surface area contributed by atoms with Crippen molar-refractivity contribution in [2.75, 3.05) is 0 Å². The molecule has 7 nitrogen and oxygen atoms in total. The van der Waals surface area contributed by atoms with E-state index in [1.54, 1.807) is 0 Å². The third kappa shape index (κ3) is 4.38. The fourth-order valence-electron chi connectivity index (χ4n) is 1.72. The van der Waals surface area contributed by atoms with Crippen molar-refractivity contribution >= 4 is 51.1 Å². The van der Waals surface area contributed by atoms with Gasteiger partial charge in [0.05, 0.1) is 15.6 Å². The summed E-state index contributed by atoms with van der Waals surface area (Å²) in [6.07, 6.45) is 1.35. The molecule has 0 aliphatic carbocycles. The first-order valence-corrected chi connectivity index (χ1v) is 8.57. The van der Waals surface area contributed by atoms with Crippen LogP contribution in [0.2, 0.25) is 10.0 Å². The van der Waals surface area contributed by atoms with Gasteiger partial charge in [0.25, 0.3) is 10.0 Å². The first-order chi connectivity index (χ1) is 11.2. The molecule has 0 unspecified atom stereocenters. The van der Waals surface area contributed by atoms with E-state index >= 15 is 0 Å². The Morgan fingerprint density at radius 2 is 1.75 bits per heavy atom. The lowest BCUT2D eigenvalue weighted by Gasteiger charge is -2.03. The number of guanidine groups is 1. The Morgan fingerprint density at radius 1 is 1.12 bits per heavy atom. The first kappa shape index (κ1) is 18.1. The van der Waals surface area contributed by atoms with Gasteiger partial charge in [0.2, 0.25) is 5.96 Å². The van der Waals surface area contributed by atoms with Gasteiger partial charge in [-0.3, -0.25) is 4.99 Å². The van der Waals surface area contributed by atoms with Gasteiger partial charge >= 0.3 is 0 Å². The zero-order valence-corrected chi connectivity index (χ0v) is 14.3. The van der Waals surface area contributed by atoms with Crippen LogP contribution in [0.15, 0.2) is 50.7 Å². The topological polar surface area (TPSA) is 131 Å². The molecule has 2 aromatic rings. The Bertz CT molecular complexity index is 922. The van der Waals surface area contributed by atoms with E-state index in [9.17, 15) is 13.5 Å². The summed E-state index contributed by atoms with van der Waals surface area (Å²) in [5.41, 5.74) is 10.9. The Balaban J connectivity index is 2.29. The van der Waals surface area contributed by atoms with Gasteiger partial charge in [0.15, 0.2) is 0 Å². The van der Waals surface area contributed by atoms with Gasteiger partial charge < -0.3 is 16.6 Å². The smallest absolute Gasteiger partial charge is 0.285 e. The van der Waals surface area contributed by atoms with Crippen LogP contribution in [0.25, 0.3) is 0 Å². The van der Waals surface area contributed by atoms with Crippen molar-refractivity contribution < 1.29 is 13.5 Å². The predicted molar refractivity (Wildman–Crippen MR) is 94.8 cm³/mol. The molecule has 0 bridgehead atoms. The molecule has 0 fully saturated rings. The number of hydrogen-bond donors (Lipinski definition) is 3. The number of hydrogen-bond acceptors (Lipinski definition) is 4. The van der Waals surface area contributed by atoms with E-state index in [1.165, 1.54) is 42.6 Å². The van der Waals surface area contributed by atoms with Crippen LogP contribution < -0.4 is 11.5 Å². The Hall–Kier alpha value is -2.29. The zero-order valence-electron chi connectivity index (χ0n) is 12.0. The molecule has 0 aliphatic rings.